The third-order valence-corrected chi connectivity index (χ3v) is 5.25. The molecule has 30 heavy (non-hydrogen) atoms. The molecule has 1 unspecified atom stereocenters. The number of anilines is 1. The minimum Gasteiger partial charge on any atom is -0.456 e. The maximum Gasteiger partial charge on any atom is 0.338 e. The molecule has 2 aromatic rings. The molecule has 1 atom stereocenters. The van der Waals surface area contributed by atoms with E-state index < -0.39 is 29.8 Å². The first-order valence-electron chi connectivity index (χ1n) is 8.82. The van der Waals surface area contributed by atoms with E-state index in [0.29, 0.717) is 16.3 Å². The van der Waals surface area contributed by atoms with Crippen LogP contribution in [-0.2, 0) is 14.3 Å². The van der Waals surface area contributed by atoms with E-state index in [-0.39, 0.29) is 29.4 Å². The van der Waals surface area contributed by atoms with Gasteiger partial charge in [-0.15, -0.1) is 0 Å². The molecule has 2 aliphatic rings. The van der Waals surface area contributed by atoms with Crippen molar-refractivity contribution in [3.05, 3.63) is 75.2 Å². The Bertz CT molecular complexity index is 1090. The van der Waals surface area contributed by atoms with Gasteiger partial charge in [0.2, 0.25) is 5.91 Å². The van der Waals surface area contributed by atoms with Crippen molar-refractivity contribution in [3.8, 4) is 0 Å². The van der Waals surface area contributed by atoms with Gasteiger partial charge < -0.3 is 15.4 Å². The molecule has 0 saturated carbocycles. The Morgan fingerprint density at radius 1 is 1.20 bits per heavy atom. The molecular formula is C20H14Cl2FN3O4. The zero-order valence-electron chi connectivity index (χ0n) is 15.2. The molecule has 2 aliphatic heterocycles. The highest BCUT2D eigenvalue weighted by Crippen LogP contribution is 2.35. The van der Waals surface area contributed by atoms with Crippen molar-refractivity contribution in [2.24, 2.45) is 0 Å². The zero-order valence-corrected chi connectivity index (χ0v) is 16.8. The lowest BCUT2D eigenvalue weighted by atomic mass is 9.96. The molecular weight excluding hydrogens is 436 g/mol. The Morgan fingerprint density at radius 2 is 1.93 bits per heavy atom. The lowest BCUT2D eigenvalue weighted by Gasteiger charge is -2.32. The minimum absolute atomic E-state index is 0.124. The average molecular weight is 450 g/mol. The Hall–Kier alpha value is -3.10. The summed E-state index contributed by atoms with van der Waals surface area (Å²) in [6.07, 6.45) is 0. The van der Waals surface area contributed by atoms with E-state index in [1.165, 1.54) is 12.1 Å². The number of halogens is 3. The van der Waals surface area contributed by atoms with Crippen LogP contribution >= 0.6 is 23.2 Å². The second-order valence-corrected chi connectivity index (χ2v) is 7.48. The summed E-state index contributed by atoms with van der Waals surface area (Å²) in [5.41, 5.74) is 1.51. The number of nitrogens with zero attached hydrogens (tertiary/aromatic N) is 1. The van der Waals surface area contributed by atoms with Crippen molar-refractivity contribution in [3.63, 3.8) is 0 Å². The van der Waals surface area contributed by atoms with E-state index in [4.69, 9.17) is 27.9 Å². The summed E-state index contributed by atoms with van der Waals surface area (Å²) < 4.78 is 18.4. The van der Waals surface area contributed by atoms with Crippen molar-refractivity contribution < 1.29 is 23.5 Å². The lowest BCUT2D eigenvalue weighted by Crippen LogP contribution is -2.49. The van der Waals surface area contributed by atoms with Crippen molar-refractivity contribution in [2.75, 3.05) is 18.5 Å². The van der Waals surface area contributed by atoms with Gasteiger partial charge in [0.1, 0.15) is 19.0 Å². The van der Waals surface area contributed by atoms with Gasteiger partial charge in [-0.05, 0) is 35.9 Å². The molecule has 2 aromatic carbocycles. The second-order valence-electron chi connectivity index (χ2n) is 6.63. The van der Waals surface area contributed by atoms with Gasteiger partial charge in [-0.25, -0.2) is 14.0 Å². The van der Waals surface area contributed by atoms with Gasteiger partial charge in [0.25, 0.3) is 0 Å². The zero-order chi connectivity index (χ0) is 21.4. The van der Waals surface area contributed by atoms with Gasteiger partial charge in [0.05, 0.1) is 22.3 Å². The van der Waals surface area contributed by atoms with Crippen LogP contribution in [0.5, 0.6) is 0 Å². The van der Waals surface area contributed by atoms with E-state index in [0.717, 1.165) is 11.0 Å². The molecule has 10 heteroatoms. The number of ether oxygens (including phenoxy) is 1. The van der Waals surface area contributed by atoms with Crippen LogP contribution < -0.4 is 10.6 Å². The minimum atomic E-state index is -0.713. The largest absolute Gasteiger partial charge is 0.456 e. The van der Waals surface area contributed by atoms with E-state index in [9.17, 15) is 18.8 Å². The van der Waals surface area contributed by atoms with Crippen LogP contribution in [0.2, 0.25) is 10.0 Å². The summed E-state index contributed by atoms with van der Waals surface area (Å²) in [6, 6.07) is 9.15. The highest BCUT2D eigenvalue weighted by atomic mass is 35.5. The van der Waals surface area contributed by atoms with Crippen molar-refractivity contribution in [2.45, 2.75) is 6.04 Å². The third kappa shape index (κ3) is 3.83. The summed E-state index contributed by atoms with van der Waals surface area (Å²) in [7, 11) is 0. The number of esters is 1. The van der Waals surface area contributed by atoms with Crippen LogP contribution in [0.15, 0.2) is 53.7 Å². The molecule has 0 bridgehead atoms. The van der Waals surface area contributed by atoms with Crippen LogP contribution in [0.3, 0.4) is 0 Å². The molecule has 0 saturated heterocycles. The van der Waals surface area contributed by atoms with Gasteiger partial charge in [-0.3, -0.25) is 9.69 Å². The number of hydrogen-bond donors (Lipinski definition) is 2. The van der Waals surface area contributed by atoms with Crippen molar-refractivity contribution in [1.82, 2.24) is 10.2 Å². The molecule has 0 aromatic heterocycles. The molecule has 0 radical (unpaired) electrons. The summed E-state index contributed by atoms with van der Waals surface area (Å²) in [5.74, 6) is -1.74. The topological polar surface area (TPSA) is 87.7 Å². The number of urea groups is 1. The standard InChI is InChI=1S/C20H14Cl2FN3O4/c21-11-3-1-10(2-4-11)18-17-15(9-30-19(17)28)26(20(29)25-18)8-16(27)24-12-5-6-14(23)13(22)7-12/h1-7,18H,8-9H2,(H,24,27)(H,25,29). The number of nitrogens with one attached hydrogen (secondary N) is 2. The smallest absolute Gasteiger partial charge is 0.338 e. The van der Waals surface area contributed by atoms with Crippen LogP contribution in [0.25, 0.3) is 0 Å². The normalized spacial score (nSPS) is 18.1. The maximum absolute atomic E-state index is 13.3. The molecule has 4 rings (SSSR count). The first kappa shape index (κ1) is 20.2. The number of rotatable bonds is 4. The molecule has 2 heterocycles. The van der Waals surface area contributed by atoms with Crippen LogP contribution in [-0.4, -0.2) is 36.0 Å². The monoisotopic (exact) mass is 449 g/mol. The highest BCUT2D eigenvalue weighted by Gasteiger charge is 2.42. The molecule has 0 aliphatic carbocycles. The average Bonchev–Trinajstić information content (AvgIpc) is 3.09. The van der Waals surface area contributed by atoms with Crippen LogP contribution in [0, 0.1) is 5.82 Å². The molecule has 0 fully saturated rings. The van der Waals surface area contributed by atoms with E-state index in [1.807, 2.05) is 0 Å². The molecule has 0 spiro atoms. The number of carbonyl (C=O) groups is 3. The highest BCUT2D eigenvalue weighted by molar-refractivity contribution is 6.31. The predicted molar refractivity (Wildman–Crippen MR) is 107 cm³/mol. The Labute approximate surface area is 180 Å². The Morgan fingerprint density at radius 3 is 2.63 bits per heavy atom. The first-order valence-corrected chi connectivity index (χ1v) is 9.57. The molecule has 7 nitrogen and oxygen atoms in total. The third-order valence-electron chi connectivity index (χ3n) is 4.71. The van der Waals surface area contributed by atoms with E-state index in [1.54, 1.807) is 24.3 Å². The number of carbonyl (C=O) groups excluding carboxylic acids is 3. The molecule has 154 valence electrons. The number of hydrogen-bond acceptors (Lipinski definition) is 4. The second kappa shape index (κ2) is 7.97. The van der Waals surface area contributed by atoms with Gasteiger partial charge in [-0.2, -0.15) is 0 Å². The van der Waals surface area contributed by atoms with Crippen molar-refractivity contribution >= 4 is 46.8 Å². The van der Waals surface area contributed by atoms with E-state index >= 15 is 0 Å². The van der Waals surface area contributed by atoms with Gasteiger partial charge in [0, 0.05) is 10.7 Å². The summed E-state index contributed by atoms with van der Waals surface area (Å²) in [5, 5.41) is 5.64. The number of amides is 3. The summed E-state index contributed by atoms with van der Waals surface area (Å²) in [4.78, 5) is 38.6. The quantitative estimate of drug-likeness (QED) is 0.697. The lowest BCUT2D eigenvalue weighted by molar-refractivity contribution is -0.136. The molecule has 3 amide bonds. The van der Waals surface area contributed by atoms with Crippen molar-refractivity contribution in [1.29, 1.82) is 0 Å². The fourth-order valence-electron chi connectivity index (χ4n) is 3.30. The van der Waals surface area contributed by atoms with Gasteiger partial charge in [0.15, 0.2) is 0 Å². The summed E-state index contributed by atoms with van der Waals surface area (Å²) in [6.45, 7) is -0.495. The van der Waals surface area contributed by atoms with Gasteiger partial charge in [-0.1, -0.05) is 35.3 Å². The fraction of sp³-hybridized carbons (Fsp3) is 0.150. The number of benzene rings is 2. The Kier molecular flexibility index (Phi) is 5.36. The molecule has 2 N–H and O–H groups in total. The fourth-order valence-corrected chi connectivity index (χ4v) is 3.61. The SMILES string of the molecule is O=C(CN1C(=O)NC(c2ccc(Cl)cc2)C2=C1COC2=O)Nc1ccc(F)c(Cl)c1. The summed E-state index contributed by atoms with van der Waals surface area (Å²) >= 11 is 11.6. The first-order chi connectivity index (χ1) is 14.3. The van der Waals surface area contributed by atoms with Gasteiger partial charge >= 0.3 is 12.0 Å². The van der Waals surface area contributed by atoms with E-state index in [2.05, 4.69) is 10.6 Å². The predicted octanol–water partition coefficient (Wildman–Crippen LogP) is 3.65. The maximum atomic E-state index is 13.3. The Balaban J connectivity index is 1.58. The van der Waals surface area contributed by atoms with Crippen LogP contribution in [0.1, 0.15) is 11.6 Å². The van der Waals surface area contributed by atoms with Crippen LogP contribution in [0.4, 0.5) is 14.9 Å². The number of cyclic esters (lactones) is 1.